The molecule has 0 atom stereocenters. The molecule has 172 valence electrons. The highest BCUT2D eigenvalue weighted by atomic mass is 32.2. The van der Waals surface area contributed by atoms with Crippen LogP contribution in [0.2, 0.25) is 0 Å². The average Bonchev–Trinajstić information content (AvgIpc) is 2.78. The Morgan fingerprint density at radius 1 is 0.909 bits per heavy atom. The molecule has 0 fully saturated rings. The number of nitrogens with one attached hydrogen (secondary N) is 1. The molecule has 0 saturated heterocycles. The number of hydrogen-bond donors (Lipinski definition) is 2. The number of benzene rings is 3. The zero-order valence-corrected chi connectivity index (χ0v) is 19.6. The fourth-order valence-electron chi connectivity index (χ4n) is 3.23. The van der Waals surface area contributed by atoms with Gasteiger partial charge in [-0.2, -0.15) is 0 Å². The van der Waals surface area contributed by atoms with E-state index in [1.165, 1.54) is 36.4 Å². The van der Waals surface area contributed by atoms with E-state index < -0.39 is 28.4 Å². The van der Waals surface area contributed by atoms with Crippen LogP contribution in [0.5, 0.6) is 0 Å². The number of rotatable bonds is 8. The lowest BCUT2D eigenvalue weighted by molar-refractivity contribution is -0.114. The molecule has 0 heterocycles. The Morgan fingerprint density at radius 3 is 2.00 bits per heavy atom. The van der Waals surface area contributed by atoms with Crippen LogP contribution in [0, 0.1) is 6.92 Å². The molecule has 8 heteroatoms. The minimum atomic E-state index is -4.00. The maximum atomic E-state index is 13.5. The van der Waals surface area contributed by atoms with Crippen LogP contribution in [-0.2, 0) is 14.8 Å². The summed E-state index contributed by atoms with van der Waals surface area (Å²) in [5.74, 6) is -0.814. The Bertz CT molecular complexity index is 1230. The van der Waals surface area contributed by atoms with Gasteiger partial charge in [-0.1, -0.05) is 43.7 Å². The zero-order chi connectivity index (χ0) is 24.2. The molecule has 0 aromatic heterocycles. The average molecular weight is 466 g/mol. The highest BCUT2D eigenvalue weighted by molar-refractivity contribution is 7.92. The molecule has 0 aliphatic heterocycles. The number of carbonyl (C=O) groups excluding carboxylic acids is 2. The van der Waals surface area contributed by atoms with Crippen molar-refractivity contribution in [2.75, 3.05) is 16.2 Å². The van der Waals surface area contributed by atoms with Gasteiger partial charge in [-0.15, -0.1) is 0 Å². The van der Waals surface area contributed by atoms with Crippen molar-refractivity contribution in [1.82, 2.24) is 0 Å². The normalized spacial score (nSPS) is 11.3. The fourth-order valence-corrected chi connectivity index (χ4v) is 4.65. The van der Waals surface area contributed by atoms with E-state index in [-0.39, 0.29) is 10.8 Å². The van der Waals surface area contributed by atoms with Crippen molar-refractivity contribution in [3.8, 4) is 0 Å². The number of sulfonamides is 1. The second kappa shape index (κ2) is 9.87. The van der Waals surface area contributed by atoms with Crippen molar-refractivity contribution in [3.63, 3.8) is 0 Å². The third-order valence-corrected chi connectivity index (χ3v) is 6.99. The van der Waals surface area contributed by atoms with Gasteiger partial charge in [0.15, 0.2) is 0 Å². The number of carbonyl (C=O) groups is 2. The number of nitrogens with zero attached hydrogens (tertiary/aromatic N) is 1. The molecule has 3 aromatic rings. The van der Waals surface area contributed by atoms with Crippen LogP contribution < -0.4 is 15.4 Å². The Labute approximate surface area is 194 Å². The van der Waals surface area contributed by atoms with Crippen LogP contribution in [0.4, 0.5) is 11.4 Å². The zero-order valence-electron chi connectivity index (χ0n) is 18.8. The molecule has 0 aliphatic carbocycles. The van der Waals surface area contributed by atoms with Gasteiger partial charge in [0.2, 0.25) is 11.8 Å². The van der Waals surface area contributed by atoms with E-state index in [1.54, 1.807) is 24.3 Å². The maximum Gasteiger partial charge on any atom is 0.264 e. The molecule has 0 radical (unpaired) electrons. The van der Waals surface area contributed by atoms with Crippen LogP contribution in [0.25, 0.3) is 0 Å². The van der Waals surface area contributed by atoms with Crippen molar-refractivity contribution < 1.29 is 18.0 Å². The number of nitrogens with two attached hydrogens (primary N) is 1. The summed E-state index contributed by atoms with van der Waals surface area (Å²) in [7, 11) is -4.00. The van der Waals surface area contributed by atoms with Gasteiger partial charge in [0.25, 0.3) is 10.0 Å². The van der Waals surface area contributed by atoms with Gasteiger partial charge in [-0.3, -0.25) is 13.9 Å². The van der Waals surface area contributed by atoms with E-state index >= 15 is 0 Å². The standard InChI is InChI=1S/C25H27N3O4S/c1-17(2)19-8-12-22(13-9-19)28(33(31,32)23-14-4-18(3)5-15-23)16-24(29)27-21-10-6-20(7-11-21)25(26)30/h4-15,17H,16H2,1-3H3,(H2,26,30)(H,27,29). The van der Waals surface area contributed by atoms with Gasteiger partial charge in [-0.05, 0) is 66.9 Å². The number of amides is 2. The Kier molecular flexibility index (Phi) is 7.18. The molecule has 3 aromatic carbocycles. The van der Waals surface area contributed by atoms with E-state index in [2.05, 4.69) is 5.32 Å². The first kappa shape index (κ1) is 24.0. The highest BCUT2D eigenvalue weighted by Crippen LogP contribution is 2.26. The van der Waals surface area contributed by atoms with Gasteiger partial charge in [-0.25, -0.2) is 8.42 Å². The lowest BCUT2D eigenvalue weighted by Gasteiger charge is -2.24. The number of anilines is 2. The third-order valence-electron chi connectivity index (χ3n) is 5.20. The van der Waals surface area contributed by atoms with Crippen molar-refractivity contribution in [2.24, 2.45) is 5.73 Å². The summed E-state index contributed by atoms with van der Waals surface area (Å²) >= 11 is 0. The topological polar surface area (TPSA) is 110 Å². The smallest absolute Gasteiger partial charge is 0.264 e. The summed E-state index contributed by atoms with van der Waals surface area (Å²) < 4.78 is 28.0. The van der Waals surface area contributed by atoms with Gasteiger partial charge in [0, 0.05) is 11.3 Å². The van der Waals surface area contributed by atoms with Crippen LogP contribution in [0.1, 0.15) is 41.3 Å². The monoisotopic (exact) mass is 465 g/mol. The minimum absolute atomic E-state index is 0.0969. The van der Waals surface area contributed by atoms with Crippen molar-refractivity contribution >= 4 is 33.2 Å². The summed E-state index contributed by atoms with van der Waals surface area (Å²) in [6.07, 6.45) is 0. The quantitative estimate of drug-likeness (QED) is 0.523. The number of hydrogen-bond acceptors (Lipinski definition) is 4. The molecule has 3 N–H and O–H groups in total. The first-order chi connectivity index (χ1) is 15.6. The lowest BCUT2D eigenvalue weighted by Crippen LogP contribution is -2.38. The maximum absolute atomic E-state index is 13.5. The summed E-state index contributed by atoms with van der Waals surface area (Å²) in [4.78, 5) is 24.1. The third kappa shape index (κ3) is 5.78. The van der Waals surface area contributed by atoms with E-state index in [0.717, 1.165) is 15.4 Å². The molecule has 3 rings (SSSR count). The van der Waals surface area contributed by atoms with Crippen molar-refractivity contribution in [2.45, 2.75) is 31.6 Å². The van der Waals surface area contributed by atoms with E-state index in [9.17, 15) is 18.0 Å². The van der Waals surface area contributed by atoms with Gasteiger partial charge < -0.3 is 11.1 Å². The van der Waals surface area contributed by atoms with Gasteiger partial charge in [0.1, 0.15) is 6.54 Å². The molecule has 0 bridgehead atoms. The Balaban J connectivity index is 1.91. The molecule has 0 unspecified atom stereocenters. The summed E-state index contributed by atoms with van der Waals surface area (Å²) in [5, 5.41) is 2.67. The first-order valence-electron chi connectivity index (χ1n) is 10.5. The number of aryl methyl sites for hydroxylation is 1. The van der Waals surface area contributed by atoms with Crippen molar-refractivity contribution in [1.29, 1.82) is 0 Å². The highest BCUT2D eigenvalue weighted by Gasteiger charge is 2.27. The number of primary amides is 1. The molecule has 2 amide bonds. The van der Waals surface area contributed by atoms with Gasteiger partial charge in [0.05, 0.1) is 10.6 Å². The fraction of sp³-hybridized carbons (Fsp3) is 0.200. The first-order valence-corrected chi connectivity index (χ1v) is 11.9. The Morgan fingerprint density at radius 2 is 1.48 bits per heavy atom. The van der Waals surface area contributed by atoms with Crippen LogP contribution >= 0.6 is 0 Å². The van der Waals surface area contributed by atoms with Crippen LogP contribution in [0.15, 0.2) is 77.7 Å². The van der Waals surface area contributed by atoms with Crippen LogP contribution in [0.3, 0.4) is 0 Å². The summed E-state index contributed by atoms with van der Waals surface area (Å²) in [5.41, 5.74) is 8.35. The predicted octanol–water partition coefficient (Wildman–Crippen LogP) is 4.05. The van der Waals surface area contributed by atoms with Crippen molar-refractivity contribution in [3.05, 3.63) is 89.5 Å². The molecule has 0 aliphatic rings. The van der Waals surface area contributed by atoms with Crippen LogP contribution in [-0.4, -0.2) is 26.8 Å². The van der Waals surface area contributed by atoms with Gasteiger partial charge >= 0.3 is 0 Å². The lowest BCUT2D eigenvalue weighted by atomic mass is 10.0. The SMILES string of the molecule is Cc1ccc(S(=O)(=O)N(CC(=O)Nc2ccc(C(N)=O)cc2)c2ccc(C(C)C)cc2)cc1. The largest absolute Gasteiger partial charge is 0.366 e. The molecular weight excluding hydrogens is 438 g/mol. The molecular formula is C25H27N3O4S. The van der Waals surface area contributed by atoms with E-state index in [0.29, 0.717) is 16.9 Å². The summed E-state index contributed by atoms with van der Waals surface area (Å²) in [6.45, 7) is 5.55. The van der Waals surface area contributed by atoms with E-state index in [4.69, 9.17) is 5.73 Å². The Hall–Kier alpha value is -3.65. The molecule has 33 heavy (non-hydrogen) atoms. The minimum Gasteiger partial charge on any atom is -0.366 e. The summed E-state index contributed by atoms with van der Waals surface area (Å²) in [6, 6.07) is 19.7. The molecule has 0 saturated carbocycles. The second-order valence-electron chi connectivity index (χ2n) is 8.06. The molecule has 7 nitrogen and oxygen atoms in total. The second-order valence-corrected chi connectivity index (χ2v) is 9.92. The van der Waals surface area contributed by atoms with E-state index in [1.807, 2.05) is 32.9 Å². The molecule has 0 spiro atoms. The predicted molar refractivity (Wildman–Crippen MR) is 130 cm³/mol.